The predicted molar refractivity (Wildman–Crippen MR) is 133 cm³/mol. The maximum Gasteiger partial charge on any atom is -0.0152 e. The third kappa shape index (κ3) is 6.59. The molecule has 0 heteroatoms. The van der Waals surface area contributed by atoms with Crippen LogP contribution in [0.2, 0.25) is 0 Å². The van der Waals surface area contributed by atoms with E-state index in [2.05, 4.69) is 86.6 Å². The van der Waals surface area contributed by atoms with Crippen LogP contribution in [0.15, 0.2) is 72.8 Å². The molecule has 30 heavy (non-hydrogen) atoms. The smallest absolute Gasteiger partial charge is 0.0152 e. The van der Waals surface area contributed by atoms with Crippen molar-refractivity contribution in [3.05, 3.63) is 83.9 Å². The summed E-state index contributed by atoms with van der Waals surface area (Å²) in [6.07, 6.45) is 13.0. The van der Waals surface area contributed by atoms with Gasteiger partial charge >= 0.3 is 0 Å². The number of hydrogen-bond acceptors (Lipinski definition) is 0. The molecule has 0 heterocycles. The van der Waals surface area contributed by atoms with Crippen LogP contribution in [0.3, 0.4) is 0 Å². The van der Waals surface area contributed by atoms with Crippen molar-refractivity contribution in [2.45, 2.75) is 78.1 Å². The highest BCUT2D eigenvalue weighted by Crippen LogP contribution is 2.29. The van der Waals surface area contributed by atoms with Gasteiger partial charge in [0.2, 0.25) is 0 Å². The van der Waals surface area contributed by atoms with Crippen LogP contribution in [0.1, 0.15) is 76.3 Å². The molecule has 0 aliphatic carbocycles. The van der Waals surface area contributed by atoms with Gasteiger partial charge in [-0.1, -0.05) is 125 Å². The van der Waals surface area contributed by atoms with Crippen LogP contribution < -0.4 is 0 Å². The zero-order chi connectivity index (χ0) is 21.0. The van der Waals surface area contributed by atoms with E-state index in [-0.39, 0.29) is 0 Å². The monoisotopic (exact) mass is 398 g/mol. The highest BCUT2D eigenvalue weighted by atomic mass is 14.1. The molecule has 0 N–H and O–H groups in total. The minimum Gasteiger partial charge on any atom is -0.0654 e. The van der Waals surface area contributed by atoms with Crippen molar-refractivity contribution in [1.82, 2.24) is 0 Å². The fraction of sp³-hybridized carbons (Fsp3) is 0.400. The Kier molecular flexibility index (Phi) is 9.22. The van der Waals surface area contributed by atoms with E-state index in [1.165, 1.54) is 97.6 Å². The molecule has 3 aromatic rings. The molecule has 0 aliphatic heterocycles. The van der Waals surface area contributed by atoms with Gasteiger partial charge in [0.15, 0.2) is 0 Å². The summed E-state index contributed by atoms with van der Waals surface area (Å²) < 4.78 is 0. The normalized spacial score (nSPS) is 11.0. The maximum absolute atomic E-state index is 2.50. The number of hydrogen-bond donors (Lipinski definition) is 0. The fourth-order valence-corrected chi connectivity index (χ4v) is 4.26. The lowest BCUT2D eigenvalue weighted by Gasteiger charge is -2.13. The SMILES string of the molecule is CCCCCCCc1cc(CCCCC)ccc1-c1ccc(-c2ccccc2)cc1. The van der Waals surface area contributed by atoms with Crippen LogP contribution >= 0.6 is 0 Å². The summed E-state index contributed by atoms with van der Waals surface area (Å²) in [4.78, 5) is 0. The largest absolute Gasteiger partial charge is 0.0654 e. The van der Waals surface area contributed by atoms with E-state index >= 15 is 0 Å². The first-order chi connectivity index (χ1) is 14.8. The highest BCUT2D eigenvalue weighted by molar-refractivity contribution is 5.72. The molecule has 0 aromatic heterocycles. The number of rotatable bonds is 12. The molecule has 158 valence electrons. The lowest BCUT2D eigenvalue weighted by Crippen LogP contribution is -1.95. The van der Waals surface area contributed by atoms with Gasteiger partial charge in [0.05, 0.1) is 0 Å². The molecule has 3 aromatic carbocycles. The van der Waals surface area contributed by atoms with Crippen LogP contribution in [-0.2, 0) is 12.8 Å². The molecule has 0 nitrogen and oxygen atoms in total. The lowest BCUT2D eigenvalue weighted by molar-refractivity contribution is 0.632. The molecule has 0 spiro atoms. The van der Waals surface area contributed by atoms with Crippen molar-refractivity contribution >= 4 is 0 Å². The molecule has 0 aliphatic rings. The van der Waals surface area contributed by atoms with Crippen LogP contribution in [0.5, 0.6) is 0 Å². The van der Waals surface area contributed by atoms with E-state index in [0.717, 1.165) is 0 Å². The van der Waals surface area contributed by atoms with E-state index in [4.69, 9.17) is 0 Å². The summed E-state index contributed by atoms with van der Waals surface area (Å²) in [6, 6.07) is 27.0. The minimum absolute atomic E-state index is 1.20. The second-order valence-corrected chi connectivity index (χ2v) is 8.56. The molecule has 3 rings (SSSR count). The van der Waals surface area contributed by atoms with Gasteiger partial charge in [-0.2, -0.15) is 0 Å². The number of aryl methyl sites for hydroxylation is 2. The summed E-state index contributed by atoms with van der Waals surface area (Å²) in [7, 11) is 0. The summed E-state index contributed by atoms with van der Waals surface area (Å²) >= 11 is 0. The van der Waals surface area contributed by atoms with Gasteiger partial charge in [-0.05, 0) is 59.1 Å². The fourth-order valence-electron chi connectivity index (χ4n) is 4.26. The molecule has 0 unspecified atom stereocenters. The third-order valence-electron chi connectivity index (χ3n) is 6.09. The topological polar surface area (TPSA) is 0 Å². The van der Waals surface area contributed by atoms with E-state index in [0.29, 0.717) is 0 Å². The van der Waals surface area contributed by atoms with E-state index in [9.17, 15) is 0 Å². The summed E-state index contributed by atoms with van der Waals surface area (Å²) in [5, 5.41) is 0. The molecule has 0 atom stereocenters. The summed E-state index contributed by atoms with van der Waals surface area (Å²) in [6.45, 7) is 4.57. The molecular weight excluding hydrogens is 360 g/mol. The zero-order valence-electron chi connectivity index (χ0n) is 19.0. The van der Waals surface area contributed by atoms with Gasteiger partial charge in [0.1, 0.15) is 0 Å². The molecule has 0 saturated heterocycles. The Morgan fingerprint density at radius 3 is 1.83 bits per heavy atom. The first kappa shape index (κ1) is 22.3. The van der Waals surface area contributed by atoms with Gasteiger partial charge in [0, 0.05) is 0 Å². The van der Waals surface area contributed by atoms with Crippen molar-refractivity contribution in [3.63, 3.8) is 0 Å². The van der Waals surface area contributed by atoms with Gasteiger partial charge < -0.3 is 0 Å². The molecular formula is C30H38. The Hall–Kier alpha value is -2.34. The second kappa shape index (κ2) is 12.4. The molecule has 0 fully saturated rings. The first-order valence-electron chi connectivity index (χ1n) is 12.1. The van der Waals surface area contributed by atoms with Gasteiger partial charge in [-0.3, -0.25) is 0 Å². The van der Waals surface area contributed by atoms with Crippen LogP contribution in [0.4, 0.5) is 0 Å². The molecule has 0 saturated carbocycles. The van der Waals surface area contributed by atoms with Crippen molar-refractivity contribution in [3.8, 4) is 22.3 Å². The maximum atomic E-state index is 2.50. The van der Waals surface area contributed by atoms with Crippen molar-refractivity contribution in [1.29, 1.82) is 0 Å². The Morgan fingerprint density at radius 2 is 1.10 bits per heavy atom. The van der Waals surface area contributed by atoms with E-state index < -0.39 is 0 Å². The Balaban J connectivity index is 1.78. The van der Waals surface area contributed by atoms with Gasteiger partial charge in [-0.25, -0.2) is 0 Å². The van der Waals surface area contributed by atoms with Crippen LogP contribution in [-0.4, -0.2) is 0 Å². The predicted octanol–water partition coefficient (Wildman–Crippen LogP) is 9.27. The van der Waals surface area contributed by atoms with Crippen molar-refractivity contribution < 1.29 is 0 Å². The van der Waals surface area contributed by atoms with E-state index in [1.807, 2.05) is 0 Å². The third-order valence-corrected chi connectivity index (χ3v) is 6.09. The van der Waals surface area contributed by atoms with E-state index in [1.54, 1.807) is 0 Å². The quantitative estimate of drug-likeness (QED) is 0.267. The average molecular weight is 399 g/mol. The molecule has 0 bridgehead atoms. The standard InChI is InChI=1S/C30H38/c1-3-5-7-8-11-17-29-24-25(14-10-6-4-2)18-23-30(29)28-21-19-27(20-22-28)26-15-12-9-13-16-26/h9,12-13,15-16,18-24H,3-8,10-11,14,17H2,1-2H3. The number of benzene rings is 3. The molecule has 0 radical (unpaired) electrons. The zero-order valence-corrected chi connectivity index (χ0v) is 19.0. The summed E-state index contributed by atoms with van der Waals surface area (Å²) in [5.74, 6) is 0. The average Bonchev–Trinajstić information content (AvgIpc) is 2.80. The summed E-state index contributed by atoms with van der Waals surface area (Å²) in [5.41, 5.74) is 8.38. The highest BCUT2D eigenvalue weighted by Gasteiger charge is 2.08. The Labute approximate surface area is 184 Å². The minimum atomic E-state index is 1.20. The molecule has 0 amide bonds. The van der Waals surface area contributed by atoms with Crippen molar-refractivity contribution in [2.24, 2.45) is 0 Å². The van der Waals surface area contributed by atoms with Crippen molar-refractivity contribution in [2.75, 3.05) is 0 Å². The first-order valence-corrected chi connectivity index (χ1v) is 12.1. The second-order valence-electron chi connectivity index (χ2n) is 8.56. The number of unbranched alkanes of at least 4 members (excludes halogenated alkanes) is 6. The lowest BCUT2D eigenvalue weighted by atomic mass is 9.91. The van der Waals surface area contributed by atoms with Gasteiger partial charge in [-0.15, -0.1) is 0 Å². The Morgan fingerprint density at radius 1 is 0.500 bits per heavy atom. The van der Waals surface area contributed by atoms with Gasteiger partial charge in [0.25, 0.3) is 0 Å². The van der Waals surface area contributed by atoms with Crippen LogP contribution in [0, 0.1) is 0 Å². The Bertz CT molecular complexity index is 858. The van der Waals surface area contributed by atoms with Crippen LogP contribution in [0.25, 0.3) is 22.3 Å².